The Bertz CT molecular complexity index is 771. The molecule has 1 heterocycles. The maximum atomic E-state index is 13.4. The van der Waals surface area contributed by atoms with Crippen molar-refractivity contribution in [2.45, 2.75) is 49.8 Å². The minimum Gasteiger partial charge on any atom is -0.353 e. The van der Waals surface area contributed by atoms with Crippen LogP contribution in [0.5, 0.6) is 0 Å². The average Bonchev–Trinajstić information content (AvgIpc) is 3.29. The molecular weight excluding hydrogens is 365 g/mol. The number of benzene rings is 1. The maximum Gasteiger partial charge on any atom is 0.230 e. The Morgan fingerprint density at radius 3 is 2.59 bits per heavy atom. The first-order valence-corrected chi connectivity index (χ1v) is 10.2. The van der Waals surface area contributed by atoms with E-state index in [4.69, 9.17) is 0 Å². The summed E-state index contributed by atoms with van der Waals surface area (Å²) in [6, 6.07) is 6.56. The molecule has 0 saturated heterocycles. The van der Waals surface area contributed by atoms with Crippen molar-refractivity contribution in [3.05, 3.63) is 35.9 Å². The zero-order valence-electron chi connectivity index (χ0n) is 16.0. The average molecular weight is 392 g/mol. The van der Waals surface area contributed by atoms with E-state index >= 15 is 0 Å². The number of hydrogen-bond donors (Lipinski definition) is 1. The second-order valence-corrected chi connectivity index (χ2v) is 8.07. The van der Waals surface area contributed by atoms with Crippen LogP contribution in [0.3, 0.4) is 0 Å². The summed E-state index contributed by atoms with van der Waals surface area (Å²) < 4.78 is 15.3. The third-order valence-corrected chi connectivity index (χ3v) is 5.87. The fourth-order valence-corrected chi connectivity index (χ4v) is 3.95. The van der Waals surface area contributed by atoms with Crippen LogP contribution in [0.4, 0.5) is 4.39 Å². The first kappa shape index (κ1) is 19.8. The highest BCUT2D eigenvalue weighted by atomic mass is 32.2. The molecule has 146 valence electrons. The van der Waals surface area contributed by atoms with Crippen molar-refractivity contribution in [1.82, 2.24) is 25.0 Å². The van der Waals surface area contributed by atoms with Crippen molar-refractivity contribution >= 4 is 17.7 Å². The van der Waals surface area contributed by atoms with Gasteiger partial charge in [-0.25, -0.2) is 4.39 Å². The van der Waals surface area contributed by atoms with Gasteiger partial charge in [0.15, 0.2) is 11.0 Å². The molecule has 8 heteroatoms. The molecule has 1 amide bonds. The molecule has 1 saturated carbocycles. The van der Waals surface area contributed by atoms with Gasteiger partial charge in [-0.1, -0.05) is 24.6 Å². The Hall–Kier alpha value is -1.93. The van der Waals surface area contributed by atoms with Gasteiger partial charge in [0.25, 0.3) is 0 Å². The predicted octanol–water partition coefficient (Wildman–Crippen LogP) is 3.18. The number of nitrogens with one attached hydrogen (secondary N) is 1. The van der Waals surface area contributed by atoms with Gasteiger partial charge < -0.3 is 5.32 Å². The van der Waals surface area contributed by atoms with Crippen LogP contribution in [-0.2, 0) is 4.79 Å². The van der Waals surface area contributed by atoms with Gasteiger partial charge in [-0.2, -0.15) is 0 Å². The molecule has 0 spiro atoms. The molecular formula is C19H26FN5OS. The highest BCUT2D eigenvalue weighted by molar-refractivity contribution is 7.99. The Kier molecular flexibility index (Phi) is 6.49. The molecule has 2 aromatic rings. The second kappa shape index (κ2) is 8.84. The van der Waals surface area contributed by atoms with Gasteiger partial charge in [0, 0.05) is 11.7 Å². The van der Waals surface area contributed by atoms with Crippen molar-refractivity contribution < 1.29 is 9.18 Å². The van der Waals surface area contributed by atoms with Gasteiger partial charge in [-0.15, -0.1) is 10.2 Å². The number of hydrogen-bond acceptors (Lipinski definition) is 5. The number of rotatable bonds is 7. The summed E-state index contributed by atoms with van der Waals surface area (Å²) in [5.74, 6) is 0.763. The number of aromatic nitrogens is 3. The Morgan fingerprint density at radius 1 is 1.30 bits per heavy atom. The third-order valence-electron chi connectivity index (χ3n) is 4.94. The molecule has 1 fully saturated rings. The molecule has 1 aromatic carbocycles. The van der Waals surface area contributed by atoms with Crippen LogP contribution in [0, 0.1) is 5.82 Å². The molecule has 1 aromatic heterocycles. The van der Waals surface area contributed by atoms with Crippen LogP contribution in [0.25, 0.3) is 5.69 Å². The first-order valence-electron chi connectivity index (χ1n) is 9.25. The molecule has 1 atom stereocenters. The van der Waals surface area contributed by atoms with Crippen LogP contribution in [0.2, 0.25) is 0 Å². The SMILES string of the molecule is C[C@H](c1nnc(SCC(=O)NC2CCCC2)n1-c1ccc(F)cc1)N(C)C. The zero-order valence-corrected chi connectivity index (χ0v) is 16.8. The quantitative estimate of drug-likeness (QED) is 0.735. The van der Waals surface area contributed by atoms with E-state index in [1.165, 1.54) is 36.7 Å². The van der Waals surface area contributed by atoms with Gasteiger partial charge in [-0.05, 0) is 58.1 Å². The van der Waals surface area contributed by atoms with Crippen molar-refractivity contribution in [2.24, 2.45) is 0 Å². The highest BCUT2D eigenvalue weighted by Gasteiger charge is 2.22. The second-order valence-electron chi connectivity index (χ2n) is 7.13. The lowest BCUT2D eigenvalue weighted by Crippen LogP contribution is -2.33. The van der Waals surface area contributed by atoms with Crippen LogP contribution < -0.4 is 5.32 Å². The number of thioether (sulfide) groups is 1. The Balaban J connectivity index is 1.79. The lowest BCUT2D eigenvalue weighted by molar-refractivity contribution is -0.119. The van der Waals surface area contributed by atoms with E-state index in [-0.39, 0.29) is 23.5 Å². The van der Waals surface area contributed by atoms with Gasteiger partial charge >= 0.3 is 0 Å². The first-order chi connectivity index (χ1) is 13.0. The summed E-state index contributed by atoms with van der Waals surface area (Å²) in [6.45, 7) is 2.03. The predicted molar refractivity (Wildman–Crippen MR) is 105 cm³/mol. The molecule has 0 unspecified atom stereocenters. The third kappa shape index (κ3) is 4.87. The minimum absolute atomic E-state index is 0.0164. The van der Waals surface area contributed by atoms with Crippen molar-refractivity contribution in [2.75, 3.05) is 19.8 Å². The lowest BCUT2D eigenvalue weighted by atomic mass is 10.2. The van der Waals surface area contributed by atoms with Crippen LogP contribution in [0.15, 0.2) is 29.4 Å². The van der Waals surface area contributed by atoms with E-state index in [0.717, 1.165) is 24.4 Å². The topological polar surface area (TPSA) is 63.1 Å². The van der Waals surface area contributed by atoms with Crippen LogP contribution in [-0.4, -0.2) is 51.5 Å². The number of carbonyl (C=O) groups excluding carboxylic acids is 1. The van der Waals surface area contributed by atoms with Crippen LogP contribution in [0.1, 0.15) is 44.5 Å². The van der Waals surface area contributed by atoms with E-state index in [1.807, 2.05) is 30.5 Å². The number of amides is 1. The molecule has 1 N–H and O–H groups in total. The minimum atomic E-state index is -0.292. The summed E-state index contributed by atoms with van der Waals surface area (Å²) in [5.41, 5.74) is 0.781. The van der Waals surface area contributed by atoms with Gasteiger partial charge in [0.05, 0.1) is 11.8 Å². The fraction of sp³-hybridized carbons (Fsp3) is 0.526. The number of carbonyl (C=O) groups is 1. The van der Waals surface area contributed by atoms with E-state index in [2.05, 4.69) is 15.5 Å². The van der Waals surface area contributed by atoms with Gasteiger partial charge in [0.1, 0.15) is 5.82 Å². The molecule has 3 rings (SSSR count). The summed E-state index contributed by atoms with van der Waals surface area (Å²) in [4.78, 5) is 14.3. The van der Waals surface area contributed by atoms with Crippen molar-refractivity contribution in [3.63, 3.8) is 0 Å². The molecule has 6 nitrogen and oxygen atoms in total. The summed E-state index contributed by atoms with van der Waals surface area (Å²) in [6.07, 6.45) is 4.49. The monoisotopic (exact) mass is 391 g/mol. The zero-order chi connectivity index (χ0) is 19.4. The van der Waals surface area contributed by atoms with Crippen molar-refractivity contribution in [1.29, 1.82) is 0 Å². The van der Waals surface area contributed by atoms with Gasteiger partial charge in [0.2, 0.25) is 5.91 Å². The molecule has 1 aliphatic carbocycles. The standard InChI is InChI=1S/C19H26FN5OS/c1-13(24(2)3)18-22-23-19(25(18)16-10-8-14(20)9-11-16)27-12-17(26)21-15-6-4-5-7-15/h8-11,13,15H,4-7,12H2,1-3H3,(H,21,26)/t13-/m1/s1. The summed E-state index contributed by atoms with van der Waals surface area (Å²) in [7, 11) is 3.94. The highest BCUT2D eigenvalue weighted by Crippen LogP contribution is 2.27. The largest absolute Gasteiger partial charge is 0.353 e. The maximum absolute atomic E-state index is 13.4. The molecule has 1 aliphatic rings. The van der Waals surface area contributed by atoms with Gasteiger partial charge in [-0.3, -0.25) is 14.3 Å². The van der Waals surface area contributed by atoms with E-state index < -0.39 is 0 Å². The smallest absolute Gasteiger partial charge is 0.230 e. The Labute approximate surface area is 163 Å². The summed E-state index contributed by atoms with van der Waals surface area (Å²) >= 11 is 1.35. The molecule has 0 aliphatic heterocycles. The number of halogens is 1. The van der Waals surface area contributed by atoms with E-state index in [9.17, 15) is 9.18 Å². The van der Waals surface area contributed by atoms with Crippen molar-refractivity contribution in [3.8, 4) is 5.69 Å². The number of nitrogens with zero attached hydrogens (tertiary/aromatic N) is 4. The Morgan fingerprint density at radius 2 is 1.96 bits per heavy atom. The molecule has 27 heavy (non-hydrogen) atoms. The van der Waals surface area contributed by atoms with E-state index in [0.29, 0.717) is 11.2 Å². The van der Waals surface area contributed by atoms with Crippen LogP contribution >= 0.6 is 11.8 Å². The normalized spacial score (nSPS) is 16.0. The fourth-order valence-electron chi connectivity index (χ4n) is 3.18. The lowest BCUT2D eigenvalue weighted by Gasteiger charge is -2.20. The molecule has 0 bridgehead atoms. The summed E-state index contributed by atoms with van der Waals surface area (Å²) in [5, 5.41) is 12.4. The van der Waals surface area contributed by atoms with E-state index in [1.54, 1.807) is 12.1 Å². The molecule has 0 radical (unpaired) electrons.